The fourth-order valence-corrected chi connectivity index (χ4v) is 3.38. The van der Waals surface area contributed by atoms with E-state index < -0.39 is 8.41 Å². The fourth-order valence-electron chi connectivity index (χ4n) is 1.12. The van der Waals surface area contributed by atoms with Gasteiger partial charge in [-0.1, -0.05) is 41.5 Å². The molecule has 0 nitrogen and oxygen atoms in total. The normalized spacial score (nSPS) is 13.4. The van der Waals surface area contributed by atoms with E-state index in [0.29, 0.717) is 10.1 Å². The van der Waals surface area contributed by atoms with E-state index in [4.69, 9.17) is 0 Å². The Labute approximate surface area is 66.9 Å². The molecule has 0 saturated carbocycles. The Balaban J connectivity index is 4.40. The topological polar surface area (TPSA) is 0 Å². The van der Waals surface area contributed by atoms with Crippen LogP contribution in [0.5, 0.6) is 0 Å². The zero-order valence-corrected chi connectivity index (χ0v) is 9.21. The summed E-state index contributed by atoms with van der Waals surface area (Å²) in [4.78, 5) is 0. The number of hydrogen-bond donors (Lipinski definition) is 0. The Morgan fingerprint density at radius 1 is 0.800 bits per heavy atom. The lowest BCUT2D eigenvalue weighted by atomic mass is 10.2. The maximum atomic E-state index is 4.28. The molecule has 0 aliphatic heterocycles. The second-order valence-corrected chi connectivity index (χ2v) is 8.94. The van der Waals surface area contributed by atoms with Crippen LogP contribution in [0.15, 0.2) is 0 Å². The monoisotopic (exact) mass is 156 g/mol. The molecule has 0 aliphatic rings. The van der Waals surface area contributed by atoms with E-state index in [-0.39, 0.29) is 0 Å². The zero-order chi connectivity index (χ0) is 8.58. The molecule has 0 aromatic heterocycles. The fraction of sp³-hybridized carbons (Fsp3) is 0.889. The highest BCUT2D eigenvalue weighted by atomic mass is 28.2. The number of rotatable bonds is 0. The summed E-state index contributed by atoms with van der Waals surface area (Å²) in [6, 6.07) is 0. The minimum absolute atomic E-state index is 0.433. The molecule has 0 radical (unpaired) electrons. The summed E-state index contributed by atoms with van der Waals surface area (Å²) in [5, 5.41) is 0.867. The highest BCUT2D eigenvalue weighted by Gasteiger charge is 2.26. The molecule has 0 aromatic carbocycles. The van der Waals surface area contributed by atoms with E-state index in [9.17, 15) is 0 Å². The van der Waals surface area contributed by atoms with E-state index in [1.54, 1.807) is 0 Å². The third-order valence-corrected chi connectivity index (χ3v) is 5.43. The van der Waals surface area contributed by atoms with Crippen LogP contribution in [0.4, 0.5) is 0 Å². The van der Waals surface area contributed by atoms with Crippen molar-refractivity contribution in [3.63, 3.8) is 0 Å². The predicted octanol–water partition coefficient (Wildman–Crippen LogP) is 3.10. The molecule has 0 rings (SSSR count). The molecule has 0 fully saturated rings. The second-order valence-electron chi connectivity index (χ2n) is 4.98. The molecule has 0 bridgehead atoms. The van der Waals surface area contributed by atoms with Gasteiger partial charge in [-0.05, 0) is 10.1 Å². The average Bonchev–Trinajstić information content (AvgIpc) is 1.59. The van der Waals surface area contributed by atoms with E-state index in [1.165, 1.54) is 0 Å². The van der Waals surface area contributed by atoms with Crippen LogP contribution in [0.3, 0.4) is 0 Å². The molecular weight excluding hydrogens is 136 g/mol. The quantitative estimate of drug-likeness (QED) is 0.473. The molecule has 0 aromatic rings. The van der Waals surface area contributed by atoms with E-state index >= 15 is 0 Å². The third kappa shape index (κ3) is 2.78. The van der Waals surface area contributed by atoms with Gasteiger partial charge in [0.05, 0.1) is 0 Å². The van der Waals surface area contributed by atoms with Gasteiger partial charge in [0.15, 0.2) is 0 Å². The highest BCUT2D eigenvalue weighted by molar-refractivity contribution is 6.67. The molecule has 10 heavy (non-hydrogen) atoms. The van der Waals surface area contributed by atoms with Crippen LogP contribution in [-0.2, 0) is 0 Å². The van der Waals surface area contributed by atoms with Crippen LogP contribution in [0.2, 0.25) is 10.1 Å². The van der Waals surface area contributed by atoms with Crippen LogP contribution in [-0.4, -0.2) is 14.6 Å². The molecule has 0 amide bonds. The summed E-state index contributed by atoms with van der Waals surface area (Å²) in [5.41, 5.74) is 0. The van der Waals surface area contributed by atoms with Crippen molar-refractivity contribution in [1.29, 1.82) is 0 Å². The summed E-state index contributed by atoms with van der Waals surface area (Å²) in [6.07, 6.45) is 4.28. The van der Waals surface area contributed by atoms with Crippen molar-refractivity contribution in [1.82, 2.24) is 0 Å². The summed E-state index contributed by atoms with van der Waals surface area (Å²) >= 11 is 0. The summed E-state index contributed by atoms with van der Waals surface area (Å²) in [7, 11) is -0.471. The molecule has 0 spiro atoms. The van der Waals surface area contributed by atoms with Crippen molar-refractivity contribution in [3.05, 3.63) is 0 Å². The molecule has 0 saturated heterocycles. The van der Waals surface area contributed by atoms with Gasteiger partial charge in [-0.3, -0.25) is 0 Å². The smallest absolute Gasteiger partial charge is 0.0135 e. The zero-order valence-electron chi connectivity index (χ0n) is 8.21. The first kappa shape index (κ1) is 10.1. The first-order chi connectivity index (χ1) is 4.15. The Hall–Kier alpha value is 0.0869. The van der Waals surface area contributed by atoms with Crippen LogP contribution in [0, 0.1) is 0 Å². The molecule has 0 atom stereocenters. The van der Waals surface area contributed by atoms with Crippen molar-refractivity contribution >= 4 is 14.6 Å². The van der Waals surface area contributed by atoms with Gasteiger partial charge in [0.1, 0.15) is 0 Å². The first-order valence-electron chi connectivity index (χ1n) is 3.85. The Bertz CT molecular complexity index is 116. The van der Waals surface area contributed by atoms with E-state index in [2.05, 4.69) is 47.7 Å². The minimum atomic E-state index is -0.471. The van der Waals surface area contributed by atoms with Gasteiger partial charge >= 0.3 is 0 Å². The Morgan fingerprint density at radius 3 is 1.00 bits per heavy atom. The maximum absolute atomic E-state index is 4.28. The van der Waals surface area contributed by atoms with E-state index in [1.807, 2.05) is 0 Å². The van der Waals surface area contributed by atoms with Gasteiger partial charge in [0, 0.05) is 8.41 Å². The highest BCUT2D eigenvalue weighted by Crippen LogP contribution is 2.36. The second kappa shape index (κ2) is 2.61. The minimum Gasteiger partial charge on any atom is -0.118 e. The Morgan fingerprint density at radius 2 is 1.00 bits per heavy atom. The molecule has 0 aliphatic carbocycles. The van der Waals surface area contributed by atoms with Crippen molar-refractivity contribution in [2.75, 3.05) is 0 Å². The van der Waals surface area contributed by atoms with Crippen molar-refractivity contribution in [2.24, 2.45) is 0 Å². The van der Waals surface area contributed by atoms with Gasteiger partial charge in [-0.25, -0.2) is 0 Å². The largest absolute Gasteiger partial charge is 0.118 e. The lowest BCUT2D eigenvalue weighted by Crippen LogP contribution is -2.26. The van der Waals surface area contributed by atoms with Gasteiger partial charge in [-0.15, -0.1) is 6.17 Å². The van der Waals surface area contributed by atoms with Crippen molar-refractivity contribution in [3.8, 4) is 0 Å². The van der Waals surface area contributed by atoms with Crippen LogP contribution in [0.1, 0.15) is 41.5 Å². The first-order valence-corrected chi connectivity index (χ1v) is 5.56. The molecule has 0 heterocycles. The van der Waals surface area contributed by atoms with E-state index in [0.717, 1.165) is 0 Å². The standard InChI is InChI=1S/C9H20Si/c1-8(2,3)10(7)9(4,5)6/h7H2,1-6H3. The lowest BCUT2D eigenvalue weighted by molar-refractivity contribution is 0.664. The summed E-state index contributed by atoms with van der Waals surface area (Å²) in [6.45, 7) is 13.7. The molecule has 0 N–H and O–H groups in total. The SMILES string of the molecule is C=[Si](C(C)(C)C)C(C)(C)C. The maximum Gasteiger partial charge on any atom is 0.0135 e. The lowest BCUT2D eigenvalue weighted by Gasteiger charge is -2.31. The summed E-state index contributed by atoms with van der Waals surface area (Å²) < 4.78 is 0. The summed E-state index contributed by atoms with van der Waals surface area (Å²) in [5.74, 6) is 0. The van der Waals surface area contributed by atoms with Crippen LogP contribution >= 0.6 is 0 Å². The number of hydrogen-bond acceptors (Lipinski definition) is 0. The molecule has 1 heteroatoms. The van der Waals surface area contributed by atoms with Crippen LogP contribution < -0.4 is 0 Å². The molecular formula is C9H20Si. The van der Waals surface area contributed by atoms with Gasteiger partial charge in [-0.2, -0.15) is 0 Å². The van der Waals surface area contributed by atoms with Crippen LogP contribution in [0.25, 0.3) is 0 Å². The van der Waals surface area contributed by atoms with Gasteiger partial charge in [0.25, 0.3) is 0 Å². The Kier molecular flexibility index (Phi) is 2.63. The third-order valence-electron chi connectivity index (χ3n) is 1.81. The van der Waals surface area contributed by atoms with Gasteiger partial charge in [0.2, 0.25) is 0 Å². The average molecular weight is 156 g/mol. The van der Waals surface area contributed by atoms with Crippen molar-refractivity contribution < 1.29 is 0 Å². The molecule has 0 unspecified atom stereocenters. The van der Waals surface area contributed by atoms with Crippen molar-refractivity contribution in [2.45, 2.75) is 51.6 Å². The molecule has 60 valence electrons. The van der Waals surface area contributed by atoms with Gasteiger partial charge < -0.3 is 0 Å². The predicted molar refractivity (Wildman–Crippen MR) is 52.3 cm³/mol.